The van der Waals surface area contributed by atoms with Crippen molar-refractivity contribution in [2.24, 2.45) is 5.73 Å². The maximum atomic E-state index is 12.4. The van der Waals surface area contributed by atoms with Gasteiger partial charge in [0, 0.05) is 49.4 Å². The van der Waals surface area contributed by atoms with Gasteiger partial charge in [-0.15, -0.1) is 12.4 Å². The molecule has 0 saturated carbocycles. The number of amides is 6. The Hall–Kier alpha value is -6.86. The molecular weight excluding hydrogens is 1250 g/mol. The SMILES string of the molecule is C=Cc1cccc(C[C@H](N)C(=O)N(C)OC)c1.C=Cc1cccc(C[C@H](NC(=O)OC(C)(C)C)C(=O)N(C)OC)c1.CC(C)(C)OC(=O)N[C@@H](Cc1cccc(Br)c1)C(=O)O.CON(C)C(=O)[C@H](Cc1cccc(Br)c1)NC(=O)OC(C)(C)C.Cl. The van der Waals surface area contributed by atoms with E-state index in [0.717, 1.165) is 57.5 Å². The van der Waals surface area contributed by atoms with Crippen LogP contribution >= 0.6 is 44.3 Å². The number of halogens is 3. The van der Waals surface area contributed by atoms with Crippen molar-refractivity contribution in [3.05, 3.63) is 153 Å². The third-order valence-corrected chi connectivity index (χ3v) is 12.0. The summed E-state index contributed by atoms with van der Waals surface area (Å²) < 4.78 is 17.3. The van der Waals surface area contributed by atoms with Gasteiger partial charge in [0.15, 0.2) is 0 Å². The van der Waals surface area contributed by atoms with Crippen LogP contribution in [-0.2, 0) is 73.6 Å². The van der Waals surface area contributed by atoms with Crippen LogP contribution < -0.4 is 21.7 Å². The van der Waals surface area contributed by atoms with Crippen molar-refractivity contribution in [2.45, 2.75) is 129 Å². The molecule has 470 valence electrons. The first kappa shape index (κ1) is 78.1. The number of hydrogen-bond donors (Lipinski definition) is 5. The predicted molar refractivity (Wildman–Crippen MR) is 338 cm³/mol. The lowest BCUT2D eigenvalue weighted by molar-refractivity contribution is -0.171. The minimum absolute atomic E-state index is 0. The molecule has 0 aliphatic rings. The summed E-state index contributed by atoms with van der Waals surface area (Å²) in [6.45, 7) is 23.2. The summed E-state index contributed by atoms with van der Waals surface area (Å²) >= 11 is 6.71. The number of likely N-dealkylation sites (N-methyl/N-ethyl adjacent to an activating group) is 3. The summed E-state index contributed by atoms with van der Waals surface area (Å²) in [6, 6.07) is 27.0. The summed E-state index contributed by atoms with van der Waals surface area (Å²) in [5, 5.41) is 20.1. The molecule has 0 spiro atoms. The Balaban J connectivity index is 0.00000111. The number of carboxylic acid groups (broad SMARTS) is 1. The van der Waals surface area contributed by atoms with Crippen molar-refractivity contribution in [3.63, 3.8) is 0 Å². The van der Waals surface area contributed by atoms with Crippen LogP contribution in [-0.4, -0.2) is 146 Å². The van der Waals surface area contributed by atoms with Gasteiger partial charge in [-0.1, -0.05) is 130 Å². The number of ether oxygens (including phenoxy) is 3. The van der Waals surface area contributed by atoms with E-state index in [-0.39, 0.29) is 36.5 Å². The van der Waals surface area contributed by atoms with Crippen LogP contribution in [0.2, 0.25) is 0 Å². The molecule has 0 heterocycles. The van der Waals surface area contributed by atoms with Gasteiger partial charge in [0.25, 0.3) is 17.7 Å². The molecule has 0 bridgehead atoms. The fourth-order valence-electron chi connectivity index (χ4n) is 6.96. The van der Waals surface area contributed by atoms with Gasteiger partial charge in [-0.25, -0.2) is 34.4 Å². The van der Waals surface area contributed by atoms with E-state index < -0.39 is 65.2 Å². The molecule has 4 rings (SSSR count). The molecule has 6 N–H and O–H groups in total. The summed E-state index contributed by atoms with van der Waals surface area (Å²) in [7, 11) is 8.74. The Morgan fingerprint density at radius 1 is 0.506 bits per heavy atom. The van der Waals surface area contributed by atoms with E-state index in [0.29, 0.717) is 19.3 Å². The average molecular weight is 1340 g/mol. The molecule has 0 aromatic heterocycles. The van der Waals surface area contributed by atoms with Crippen LogP contribution in [0, 0.1) is 0 Å². The highest BCUT2D eigenvalue weighted by Crippen LogP contribution is 2.18. The number of hydroxylamine groups is 6. The van der Waals surface area contributed by atoms with Crippen LogP contribution in [0.15, 0.2) is 119 Å². The quantitative estimate of drug-likeness (QED) is 0.0407. The van der Waals surface area contributed by atoms with E-state index in [9.17, 15) is 33.6 Å². The Morgan fingerprint density at radius 3 is 1.08 bits per heavy atom. The first-order chi connectivity index (χ1) is 39.0. The highest BCUT2D eigenvalue weighted by molar-refractivity contribution is 9.10. The zero-order valence-electron chi connectivity index (χ0n) is 51.3. The molecule has 4 aromatic carbocycles. The van der Waals surface area contributed by atoms with Crippen molar-refractivity contribution in [3.8, 4) is 0 Å². The van der Waals surface area contributed by atoms with Gasteiger partial charge in [-0.05, 0) is 126 Å². The Morgan fingerprint density at radius 2 is 0.788 bits per heavy atom. The van der Waals surface area contributed by atoms with Gasteiger partial charge in [0.1, 0.15) is 34.9 Å². The number of carboxylic acids is 1. The van der Waals surface area contributed by atoms with Crippen molar-refractivity contribution >= 4 is 98.4 Å². The normalized spacial score (nSPS) is 12.2. The maximum Gasteiger partial charge on any atom is 0.408 e. The largest absolute Gasteiger partial charge is 0.480 e. The molecule has 0 aliphatic heterocycles. The third kappa shape index (κ3) is 33.4. The Kier molecular flexibility index (Phi) is 35.2. The first-order valence-corrected chi connectivity index (χ1v) is 28.0. The molecule has 24 heteroatoms. The molecule has 4 aromatic rings. The molecule has 0 unspecified atom stereocenters. The van der Waals surface area contributed by atoms with Crippen molar-refractivity contribution in [1.82, 2.24) is 31.1 Å². The van der Waals surface area contributed by atoms with Gasteiger partial charge >= 0.3 is 24.2 Å². The van der Waals surface area contributed by atoms with Crippen LogP contribution in [0.5, 0.6) is 0 Å². The first-order valence-electron chi connectivity index (χ1n) is 26.4. The fraction of sp³-hybridized carbons (Fsp3) is 0.426. The smallest absolute Gasteiger partial charge is 0.408 e. The van der Waals surface area contributed by atoms with Crippen LogP contribution in [0.3, 0.4) is 0 Å². The van der Waals surface area contributed by atoms with Crippen LogP contribution in [0.25, 0.3) is 12.2 Å². The number of hydrogen-bond acceptors (Lipinski definition) is 14. The maximum absolute atomic E-state index is 12.4. The van der Waals surface area contributed by atoms with Gasteiger partial charge in [0.2, 0.25) is 0 Å². The third-order valence-electron chi connectivity index (χ3n) is 11.0. The number of benzene rings is 4. The summed E-state index contributed by atoms with van der Waals surface area (Å²) in [6.07, 6.45) is 2.77. The lowest BCUT2D eigenvalue weighted by Crippen LogP contribution is -2.49. The number of nitrogens with two attached hydrogens (primary N) is 1. The molecule has 0 aliphatic carbocycles. The minimum Gasteiger partial charge on any atom is -0.480 e. The highest BCUT2D eigenvalue weighted by Gasteiger charge is 2.30. The summed E-state index contributed by atoms with van der Waals surface area (Å²) in [4.78, 5) is 98.0. The molecule has 0 fully saturated rings. The molecule has 0 radical (unpaired) electrons. The molecule has 6 amide bonds. The van der Waals surface area contributed by atoms with Crippen molar-refractivity contribution in [1.29, 1.82) is 0 Å². The number of aliphatic carboxylic acids is 1. The second kappa shape index (κ2) is 38.2. The van der Waals surface area contributed by atoms with Gasteiger partial charge in [-0.3, -0.25) is 28.9 Å². The summed E-state index contributed by atoms with van der Waals surface area (Å²) in [5.74, 6) is -2.07. The Labute approximate surface area is 523 Å². The van der Waals surface area contributed by atoms with E-state index in [1.54, 1.807) is 87.6 Å². The van der Waals surface area contributed by atoms with Crippen LogP contribution in [0.1, 0.15) is 95.7 Å². The summed E-state index contributed by atoms with van der Waals surface area (Å²) in [5.41, 5.74) is 9.44. The number of alkyl carbamates (subject to hydrolysis) is 3. The van der Waals surface area contributed by atoms with Crippen molar-refractivity contribution in [2.75, 3.05) is 42.5 Å². The molecule has 85 heavy (non-hydrogen) atoms. The lowest BCUT2D eigenvalue weighted by atomic mass is 10.0. The lowest BCUT2D eigenvalue weighted by Gasteiger charge is -2.25. The number of rotatable bonds is 20. The zero-order valence-corrected chi connectivity index (χ0v) is 55.3. The monoisotopic (exact) mass is 1330 g/mol. The highest BCUT2D eigenvalue weighted by atomic mass is 79.9. The molecule has 0 saturated heterocycles. The number of nitrogens with zero attached hydrogens (tertiary/aromatic N) is 3. The van der Waals surface area contributed by atoms with E-state index in [1.807, 2.05) is 91.0 Å². The molecule has 21 nitrogen and oxygen atoms in total. The molecular formula is C61H86Br2ClN7O14. The fourth-order valence-corrected chi connectivity index (χ4v) is 7.86. The average Bonchev–Trinajstić information content (AvgIpc) is 3.61. The number of carbonyl (C=O) groups is 7. The zero-order chi connectivity index (χ0) is 64.1. The van der Waals surface area contributed by atoms with E-state index in [4.69, 9.17) is 39.6 Å². The van der Waals surface area contributed by atoms with E-state index in [1.165, 1.54) is 35.4 Å². The van der Waals surface area contributed by atoms with Gasteiger partial charge < -0.3 is 41.0 Å². The topological polar surface area (TPSA) is 267 Å². The number of carbonyl (C=O) groups excluding carboxylic acids is 6. The van der Waals surface area contributed by atoms with E-state index in [2.05, 4.69) is 61.0 Å². The standard InChI is InChI=1S/C18H26N2O4.C16H23BrN2O4.C14H18BrNO4.C13H18N2O2.ClH/c1-7-13-9-8-10-14(11-13)12-15(16(21)20(5)23-6)19-17(22)24-18(2,3)4;1-16(2,3)23-15(21)18-13(14(20)19(4)22-5)10-11-7-6-8-12(17)9-11;1-14(2,3)20-13(19)16-11(12(17)18)8-9-5-4-6-10(15)7-9;1-4-10-6-5-7-11(8-10)9-12(14)13(16)15(2)17-3;/h7-11,15H,1,12H2,2-6H3,(H,19,22);6-9,13H,10H2,1-5H3,(H,18,21);4-7,11H,8H2,1-3H3,(H,16,19)(H,17,18);4-8,12H,1,9,14H2,2-3H3;1H/t15-;13-;11-;12-;/m0000./s1. The van der Waals surface area contributed by atoms with Crippen LogP contribution in [0.4, 0.5) is 14.4 Å². The minimum atomic E-state index is -1.10. The van der Waals surface area contributed by atoms with E-state index >= 15 is 0 Å². The number of nitrogens with one attached hydrogen (secondary N) is 3. The van der Waals surface area contributed by atoms with Gasteiger partial charge in [0.05, 0.1) is 27.4 Å². The predicted octanol–water partition coefficient (Wildman–Crippen LogP) is 10.3. The second-order valence-electron chi connectivity index (χ2n) is 21.6. The van der Waals surface area contributed by atoms with Gasteiger partial charge in [-0.2, -0.15) is 0 Å². The van der Waals surface area contributed by atoms with Crippen molar-refractivity contribution < 1.29 is 67.4 Å². The second-order valence-corrected chi connectivity index (χ2v) is 23.4. The Bertz CT molecular complexity index is 2810. The molecule has 4 atom stereocenters.